The molecule has 0 aliphatic rings. The van der Waals surface area contributed by atoms with Crippen LogP contribution in [-0.2, 0) is 28.7 Å². The van der Waals surface area contributed by atoms with Crippen LogP contribution in [0.25, 0.3) is 0 Å². The molecule has 0 spiro atoms. The lowest BCUT2D eigenvalue weighted by Crippen LogP contribution is -2.56. The number of rotatable bonds is 19. The van der Waals surface area contributed by atoms with Gasteiger partial charge in [0.2, 0.25) is 11.8 Å². The quantitative estimate of drug-likeness (QED) is 0.0964. The van der Waals surface area contributed by atoms with Crippen LogP contribution in [0, 0.1) is 0 Å². The van der Waals surface area contributed by atoms with Gasteiger partial charge in [0, 0.05) is 13.0 Å². The second-order valence-corrected chi connectivity index (χ2v) is 10.7. The molecular weight excluding hydrogens is 558 g/mol. The van der Waals surface area contributed by atoms with Crippen molar-refractivity contribution in [2.45, 2.75) is 116 Å². The number of carbonyl (C=O) groups is 7. The summed E-state index contributed by atoms with van der Waals surface area (Å²) in [6.07, 6.45) is 2.24. The van der Waals surface area contributed by atoms with Crippen molar-refractivity contribution in [1.82, 2.24) is 26.6 Å². The maximum absolute atomic E-state index is 12.7. The molecule has 0 aliphatic heterocycles. The van der Waals surface area contributed by atoms with Crippen LogP contribution in [0.2, 0.25) is 0 Å². The molecule has 0 aromatic rings. The van der Waals surface area contributed by atoms with E-state index in [-0.39, 0.29) is 31.6 Å². The Kier molecular flexibility index (Phi) is 17.2. The number of hydrogen-bond donors (Lipinski definition) is 8. The molecule has 2 unspecified atom stereocenters. The molecule has 0 bridgehead atoms. The summed E-state index contributed by atoms with van der Waals surface area (Å²) in [5, 5.41) is 39.3. The Bertz CT molecular complexity index is 951. The zero-order valence-electron chi connectivity index (χ0n) is 24.8. The highest BCUT2D eigenvalue weighted by Gasteiger charge is 2.29. The standard InChI is InChI=1S/C26H45N5O11/c1-6-7-8-9-13-19(32)27-14-18(23(38)39)30-24(40)29-16(20(33)28-15(2)21(34)35)11-10-12-17(22(36)37)31-25(41)42-26(3,4)5/h15-18H,6-14H2,1-5H3,(H,27,32)(H,28,33)(H,31,41)(H,34,35)(H,36,37)(H,38,39)(H2,29,30,40)/t15-,16+,17?,18?/m1/s1. The molecule has 16 nitrogen and oxygen atoms in total. The number of alkyl carbamates (subject to hydrolysis) is 1. The lowest BCUT2D eigenvalue weighted by atomic mass is 10.0. The Morgan fingerprint density at radius 3 is 1.81 bits per heavy atom. The van der Waals surface area contributed by atoms with Gasteiger partial charge in [-0.3, -0.25) is 14.4 Å². The monoisotopic (exact) mass is 603 g/mol. The van der Waals surface area contributed by atoms with Gasteiger partial charge in [0.25, 0.3) is 0 Å². The molecule has 16 heteroatoms. The summed E-state index contributed by atoms with van der Waals surface area (Å²) in [4.78, 5) is 83.7. The van der Waals surface area contributed by atoms with E-state index in [0.717, 1.165) is 19.3 Å². The molecule has 0 fully saturated rings. The van der Waals surface area contributed by atoms with Gasteiger partial charge >= 0.3 is 30.0 Å². The van der Waals surface area contributed by atoms with E-state index in [1.807, 2.05) is 6.92 Å². The van der Waals surface area contributed by atoms with Crippen LogP contribution in [0.15, 0.2) is 0 Å². The first-order valence-corrected chi connectivity index (χ1v) is 13.8. The molecule has 0 aromatic heterocycles. The van der Waals surface area contributed by atoms with Crippen molar-refractivity contribution < 1.29 is 53.6 Å². The van der Waals surface area contributed by atoms with Crippen LogP contribution in [-0.4, -0.2) is 93.5 Å². The zero-order valence-corrected chi connectivity index (χ0v) is 24.8. The van der Waals surface area contributed by atoms with Crippen molar-refractivity contribution in [3.63, 3.8) is 0 Å². The van der Waals surface area contributed by atoms with Gasteiger partial charge in [-0.15, -0.1) is 0 Å². The summed E-state index contributed by atoms with van der Waals surface area (Å²) in [7, 11) is 0. The third-order valence-corrected chi connectivity index (χ3v) is 5.69. The average Bonchev–Trinajstić information content (AvgIpc) is 2.86. The number of carboxylic acids is 3. The van der Waals surface area contributed by atoms with E-state index in [2.05, 4.69) is 26.6 Å². The van der Waals surface area contributed by atoms with E-state index in [9.17, 15) is 43.8 Å². The summed E-state index contributed by atoms with van der Waals surface area (Å²) in [5.41, 5.74) is -0.875. The van der Waals surface area contributed by atoms with Gasteiger partial charge in [0.15, 0.2) is 0 Å². The number of hydrogen-bond acceptors (Lipinski definition) is 8. The predicted octanol–water partition coefficient (Wildman–Crippen LogP) is 0.932. The minimum absolute atomic E-state index is 0.0387. The molecule has 240 valence electrons. The van der Waals surface area contributed by atoms with Crippen LogP contribution in [0.4, 0.5) is 9.59 Å². The largest absolute Gasteiger partial charge is 0.480 e. The van der Waals surface area contributed by atoms with Crippen molar-refractivity contribution in [2.24, 2.45) is 0 Å². The maximum Gasteiger partial charge on any atom is 0.408 e. The molecule has 0 rings (SSSR count). The van der Waals surface area contributed by atoms with E-state index >= 15 is 0 Å². The van der Waals surface area contributed by atoms with E-state index in [1.165, 1.54) is 6.92 Å². The molecule has 42 heavy (non-hydrogen) atoms. The van der Waals surface area contributed by atoms with Gasteiger partial charge in [-0.1, -0.05) is 26.2 Å². The van der Waals surface area contributed by atoms with Gasteiger partial charge in [0.05, 0.1) is 0 Å². The summed E-state index contributed by atoms with van der Waals surface area (Å²) in [6.45, 7) is 7.58. The first kappa shape index (κ1) is 37.9. The minimum atomic E-state index is -1.54. The molecule has 0 radical (unpaired) electrons. The van der Waals surface area contributed by atoms with Crippen molar-refractivity contribution in [3.05, 3.63) is 0 Å². The molecule has 5 amide bonds. The highest BCUT2D eigenvalue weighted by atomic mass is 16.6. The Morgan fingerprint density at radius 2 is 1.29 bits per heavy atom. The number of carbonyl (C=O) groups excluding carboxylic acids is 4. The Hall–Kier alpha value is -4.11. The number of aliphatic carboxylic acids is 3. The average molecular weight is 604 g/mol. The molecule has 0 saturated heterocycles. The topological polar surface area (TPSA) is 250 Å². The van der Waals surface area contributed by atoms with Crippen molar-refractivity contribution >= 4 is 41.8 Å². The van der Waals surface area contributed by atoms with Gasteiger partial charge < -0.3 is 46.6 Å². The highest BCUT2D eigenvalue weighted by molar-refractivity contribution is 5.91. The molecule has 8 N–H and O–H groups in total. The van der Waals surface area contributed by atoms with E-state index in [0.29, 0.717) is 6.42 Å². The maximum atomic E-state index is 12.7. The molecule has 0 aliphatic carbocycles. The Balaban J connectivity index is 5.32. The van der Waals surface area contributed by atoms with E-state index < -0.39 is 72.3 Å². The minimum Gasteiger partial charge on any atom is -0.480 e. The fourth-order valence-electron chi connectivity index (χ4n) is 3.45. The fraction of sp³-hybridized carbons (Fsp3) is 0.731. The summed E-state index contributed by atoms with van der Waals surface area (Å²) in [5.74, 6) is -5.47. The number of amides is 5. The van der Waals surface area contributed by atoms with Crippen molar-refractivity contribution in [3.8, 4) is 0 Å². The molecule has 0 saturated carbocycles. The first-order valence-electron chi connectivity index (χ1n) is 13.8. The number of urea groups is 1. The molecule has 0 aromatic carbocycles. The van der Waals surface area contributed by atoms with Crippen LogP contribution >= 0.6 is 0 Å². The first-order chi connectivity index (χ1) is 19.5. The van der Waals surface area contributed by atoms with Crippen LogP contribution in [0.5, 0.6) is 0 Å². The Labute approximate surface area is 244 Å². The SMILES string of the molecule is CCCCCCC(=O)NCC(NC(=O)N[C@@H](CCCC(NC(=O)OC(C)(C)C)C(=O)O)C(=O)N[C@H](C)C(=O)O)C(=O)O. The molecular formula is C26H45N5O11. The highest BCUT2D eigenvalue weighted by Crippen LogP contribution is 2.10. The molecule has 4 atom stereocenters. The van der Waals surface area contributed by atoms with Crippen molar-refractivity contribution in [2.75, 3.05) is 6.54 Å². The van der Waals surface area contributed by atoms with Gasteiger partial charge in [-0.2, -0.15) is 0 Å². The third-order valence-electron chi connectivity index (χ3n) is 5.69. The number of unbranched alkanes of at least 4 members (excludes halogenated alkanes) is 3. The predicted molar refractivity (Wildman–Crippen MR) is 149 cm³/mol. The van der Waals surface area contributed by atoms with Crippen LogP contribution in [0.1, 0.15) is 86.0 Å². The normalized spacial score (nSPS) is 13.8. The lowest BCUT2D eigenvalue weighted by molar-refractivity contribution is -0.141. The summed E-state index contributed by atoms with van der Waals surface area (Å²) >= 11 is 0. The van der Waals surface area contributed by atoms with Crippen LogP contribution in [0.3, 0.4) is 0 Å². The van der Waals surface area contributed by atoms with E-state index in [4.69, 9.17) is 9.84 Å². The Morgan fingerprint density at radius 1 is 0.714 bits per heavy atom. The lowest BCUT2D eigenvalue weighted by Gasteiger charge is -2.23. The van der Waals surface area contributed by atoms with Gasteiger partial charge in [0.1, 0.15) is 29.8 Å². The third kappa shape index (κ3) is 17.6. The second-order valence-electron chi connectivity index (χ2n) is 10.7. The fourth-order valence-corrected chi connectivity index (χ4v) is 3.45. The van der Waals surface area contributed by atoms with E-state index in [1.54, 1.807) is 20.8 Å². The second kappa shape index (κ2) is 19.1. The number of nitrogens with one attached hydrogen (secondary N) is 5. The summed E-state index contributed by atoms with van der Waals surface area (Å²) in [6, 6.07) is -6.75. The van der Waals surface area contributed by atoms with Gasteiger partial charge in [-0.05, 0) is 53.4 Å². The molecule has 0 heterocycles. The number of ether oxygens (including phenoxy) is 1. The smallest absolute Gasteiger partial charge is 0.408 e. The van der Waals surface area contributed by atoms with Crippen LogP contribution < -0.4 is 26.6 Å². The van der Waals surface area contributed by atoms with Gasteiger partial charge in [-0.25, -0.2) is 19.2 Å². The summed E-state index contributed by atoms with van der Waals surface area (Å²) < 4.78 is 5.05. The number of carboxylic acid groups (broad SMARTS) is 3. The zero-order chi connectivity index (χ0) is 32.5. The van der Waals surface area contributed by atoms with Crippen molar-refractivity contribution in [1.29, 1.82) is 0 Å².